The Morgan fingerprint density at radius 1 is 1.33 bits per heavy atom. The molecule has 1 aromatic heterocycles. The smallest absolute Gasteiger partial charge is 0.0719 e. The van der Waals surface area contributed by atoms with Crippen LogP contribution in [0.4, 0.5) is 5.69 Å². The summed E-state index contributed by atoms with van der Waals surface area (Å²) in [5, 5.41) is 1.17. The van der Waals surface area contributed by atoms with Crippen molar-refractivity contribution in [1.29, 1.82) is 0 Å². The Morgan fingerprint density at radius 2 is 2.07 bits per heavy atom. The Labute approximate surface area is 89.7 Å². The van der Waals surface area contributed by atoms with Crippen LogP contribution in [0, 0.1) is 0 Å². The minimum atomic E-state index is 0.400. The van der Waals surface area contributed by atoms with E-state index in [-0.39, 0.29) is 0 Å². The molecule has 0 saturated heterocycles. The van der Waals surface area contributed by atoms with Gasteiger partial charge in [-0.05, 0) is 25.5 Å². The van der Waals surface area contributed by atoms with E-state index in [1.165, 1.54) is 5.39 Å². The lowest BCUT2D eigenvalue weighted by atomic mass is 10.1. The largest absolute Gasteiger partial charge is 0.397 e. The summed E-state index contributed by atoms with van der Waals surface area (Å²) in [6.45, 7) is 4.85. The number of fused-ring (bicyclic) bond motifs is 1. The number of hydrogen-bond donors (Lipinski definition) is 2. The van der Waals surface area contributed by atoms with Crippen LogP contribution < -0.4 is 11.5 Å². The summed E-state index contributed by atoms with van der Waals surface area (Å²) in [5.74, 6) is 0. The zero-order valence-electron chi connectivity index (χ0n) is 9.20. The lowest BCUT2D eigenvalue weighted by Gasteiger charge is -2.10. The molecule has 3 nitrogen and oxygen atoms in total. The van der Waals surface area contributed by atoms with Crippen molar-refractivity contribution in [3.8, 4) is 0 Å². The maximum Gasteiger partial charge on any atom is 0.0719 e. The first-order chi connectivity index (χ1) is 7.15. The highest BCUT2D eigenvalue weighted by molar-refractivity contribution is 5.93. The number of anilines is 1. The van der Waals surface area contributed by atoms with E-state index in [0.29, 0.717) is 12.6 Å². The van der Waals surface area contributed by atoms with Crippen molar-refractivity contribution in [1.82, 2.24) is 4.57 Å². The molecule has 1 heterocycles. The van der Waals surface area contributed by atoms with Crippen LogP contribution in [0.5, 0.6) is 0 Å². The second kappa shape index (κ2) is 3.59. The molecule has 0 fully saturated rings. The summed E-state index contributed by atoms with van der Waals surface area (Å²) in [7, 11) is 0. The van der Waals surface area contributed by atoms with Crippen LogP contribution >= 0.6 is 0 Å². The summed E-state index contributed by atoms with van der Waals surface area (Å²) in [4.78, 5) is 0. The van der Waals surface area contributed by atoms with Crippen LogP contribution in [0.25, 0.3) is 10.9 Å². The van der Waals surface area contributed by atoms with E-state index in [1.807, 2.05) is 12.1 Å². The van der Waals surface area contributed by atoms with Gasteiger partial charge in [-0.2, -0.15) is 0 Å². The molecule has 0 spiro atoms. The van der Waals surface area contributed by atoms with Crippen molar-refractivity contribution < 1.29 is 0 Å². The van der Waals surface area contributed by atoms with Gasteiger partial charge in [0.15, 0.2) is 0 Å². The number of para-hydroxylation sites is 1. The van der Waals surface area contributed by atoms with Crippen LogP contribution in [-0.4, -0.2) is 4.57 Å². The van der Waals surface area contributed by atoms with E-state index < -0.39 is 0 Å². The highest BCUT2D eigenvalue weighted by Crippen LogP contribution is 2.28. The van der Waals surface area contributed by atoms with Gasteiger partial charge in [-0.3, -0.25) is 0 Å². The van der Waals surface area contributed by atoms with Gasteiger partial charge in [0.2, 0.25) is 0 Å². The van der Waals surface area contributed by atoms with E-state index >= 15 is 0 Å². The third-order valence-corrected chi connectivity index (χ3v) is 2.74. The van der Waals surface area contributed by atoms with Crippen molar-refractivity contribution in [3.05, 3.63) is 30.0 Å². The zero-order chi connectivity index (χ0) is 11.0. The van der Waals surface area contributed by atoms with Crippen molar-refractivity contribution in [2.75, 3.05) is 5.73 Å². The zero-order valence-corrected chi connectivity index (χ0v) is 9.20. The monoisotopic (exact) mass is 203 g/mol. The third-order valence-electron chi connectivity index (χ3n) is 2.74. The van der Waals surface area contributed by atoms with Gasteiger partial charge >= 0.3 is 0 Å². The first-order valence-corrected chi connectivity index (χ1v) is 5.23. The van der Waals surface area contributed by atoms with Gasteiger partial charge in [-0.1, -0.05) is 12.1 Å². The van der Waals surface area contributed by atoms with Gasteiger partial charge < -0.3 is 16.0 Å². The molecule has 0 aliphatic carbocycles. The van der Waals surface area contributed by atoms with Gasteiger partial charge in [0, 0.05) is 24.2 Å². The average molecular weight is 203 g/mol. The molecule has 0 saturated carbocycles. The fourth-order valence-corrected chi connectivity index (χ4v) is 1.98. The van der Waals surface area contributed by atoms with Gasteiger partial charge in [-0.25, -0.2) is 0 Å². The number of benzene rings is 1. The molecule has 15 heavy (non-hydrogen) atoms. The van der Waals surface area contributed by atoms with Crippen molar-refractivity contribution in [3.63, 3.8) is 0 Å². The van der Waals surface area contributed by atoms with Crippen LogP contribution in [0.2, 0.25) is 0 Å². The molecule has 0 atom stereocenters. The average Bonchev–Trinajstić information content (AvgIpc) is 2.58. The molecule has 2 rings (SSSR count). The Kier molecular flexibility index (Phi) is 2.40. The van der Waals surface area contributed by atoms with Crippen molar-refractivity contribution >= 4 is 16.6 Å². The van der Waals surface area contributed by atoms with Gasteiger partial charge in [0.05, 0.1) is 11.2 Å². The third kappa shape index (κ3) is 1.49. The van der Waals surface area contributed by atoms with Crippen molar-refractivity contribution in [2.45, 2.75) is 26.4 Å². The topological polar surface area (TPSA) is 57.0 Å². The number of aromatic nitrogens is 1. The first-order valence-electron chi connectivity index (χ1n) is 5.23. The maximum absolute atomic E-state index is 6.00. The van der Waals surface area contributed by atoms with Gasteiger partial charge in [0.1, 0.15) is 0 Å². The molecule has 0 aliphatic rings. The second-order valence-electron chi connectivity index (χ2n) is 4.10. The summed E-state index contributed by atoms with van der Waals surface area (Å²) >= 11 is 0. The minimum Gasteiger partial charge on any atom is -0.397 e. The standard InChI is InChI=1S/C12H17N3/c1-8(2)15-7-9(6-13)10-4-3-5-11(14)12(10)15/h3-5,7-8H,6,13-14H2,1-2H3. The molecule has 80 valence electrons. The van der Waals surface area contributed by atoms with E-state index in [9.17, 15) is 0 Å². The fourth-order valence-electron chi connectivity index (χ4n) is 1.98. The van der Waals surface area contributed by atoms with E-state index in [0.717, 1.165) is 16.8 Å². The lowest BCUT2D eigenvalue weighted by molar-refractivity contribution is 0.621. The molecule has 1 aromatic carbocycles. The number of nitrogens with zero attached hydrogens (tertiary/aromatic N) is 1. The molecule has 0 radical (unpaired) electrons. The normalized spacial score (nSPS) is 11.5. The molecule has 0 unspecified atom stereocenters. The molecular formula is C12H17N3. The Morgan fingerprint density at radius 3 is 2.67 bits per heavy atom. The maximum atomic E-state index is 6.00. The summed E-state index contributed by atoms with van der Waals surface area (Å²) in [6.07, 6.45) is 2.10. The first kappa shape index (κ1) is 10.1. The second-order valence-corrected chi connectivity index (χ2v) is 4.10. The quantitative estimate of drug-likeness (QED) is 0.735. The summed E-state index contributed by atoms with van der Waals surface area (Å²) in [5.41, 5.74) is 14.8. The summed E-state index contributed by atoms with van der Waals surface area (Å²) in [6, 6.07) is 6.38. The number of nitrogens with two attached hydrogens (primary N) is 2. The lowest BCUT2D eigenvalue weighted by Crippen LogP contribution is -2.00. The van der Waals surface area contributed by atoms with E-state index in [4.69, 9.17) is 11.5 Å². The molecule has 4 N–H and O–H groups in total. The SMILES string of the molecule is CC(C)n1cc(CN)c2cccc(N)c21. The van der Waals surface area contributed by atoms with Crippen LogP contribution in [-0.2, 0) is 6.54 Å². The molecule has 0 amide bonds. The van der Waals surface area contributed by atoms with Crippen molar-refractivity contribution in [2.24, 2.45) is 5.73 Å². The van der Waals surface area contributed by atoms with Crippen LogP contribution in [0.1, 0.15) is 25.5 Å². The number of rotatable bonds is 2. The minimum absolute atomic E-state index is 0.400. The van der Waals surface area contributed by atoms with Gasteiger partial charge in [0.25, 0.3) is 0 Å². The Balaban J connectivity index is 2.82. The van der Waals surface area contributed by atoms with E-state index in [2.05, 4.69) is 30.7 Å². The molecule has 0 bridgehead atoms. The molecule has 0 aliphatic heterocycles. The number of nitrogen functional groups attached to an aromatic ring is 1. The van der Waals surface area contributed by atoms with Crippen LogP contribution in [0.15, 0.2) is 24.4 Å². The Hall–Kier alpha value is -1.48. The Bertz CT molecular complexity index is 483. The highest BCUT2D eigenvalue weighted by atomic mass is 15.0. The molecular weight excluding hydrogens is 186 g/mol. The summed E-state index contributed by atoms with van der Waals surface area (Å²) < 4.78 is 2.19. The van der Waals surface area contributed by atoms with Crippen LogP contribution in [0.3, 0.4) is 0 Å². The van der Waals surface area contributed by atoms with E-state index in [1.54, 1.807) is 0 Å². The molecule has 2 aromatic rings. The fraction of sp³-hybridized carbons (Fsp3) is 0.333. The number of hydrogen-bond acceptors (Lipinski definition) is 2. The highest BCUT2D eigenvalue weighted by Gasteiger charge is 2.11. The van der Waals surface area contributed by atoms with Gasteiger partial charge in [-0.15, -0.1) is 0 Å². The predicted octanol–water partition coefficient (Wildman–Crippen LogP) is 2.26. The molecule has 3 heteroatoms. The predicted molar refractivity (Wildman–Crippen MR) is 64.6 cm³/mol.